The Morgan fingerprint density at radius 2 is 1.81 bits per heavy atom. The Bertz CT molecular complexity index is 618. The van der Waals surface area contributed by atoms with Crippen LogP contribution in [0.5, 0.6) is 0 Å². The smallest absolute Gasteiger partial charge is 0.317 e. The molecule has 1 heterocycles. The van der Waals surface area contributed by atoms with E-state index >= 15 is 0 Å². The third kappa shape index (κ3) is 7.25. The van der Waals surface area contributed by atoms with E-state index in [-0.39, 0.29) is 12.6 Å². The van der Waals surface area contributed by atoms with Crippen LogP contribution >= 0.6 is 0 Å². The summed E-state index contributed by atoms with van der Waals surface area (Å²) in [6.45, 7) is 10.8. The number of rotatable bonds is 8. The van der Waals surface area contributed by atoms with Gasteiger partial charge in [-0.25, -0.2) is 0 Å². The summed E-state index contributed by atoms with van der Waals surface area (Å²) in [6, 6.07) is 8.54. The molecule has 0 radical (unpaired) electrons. The van der Waals surface area contributed by atoms with Crippen LogP contribution in [0.3, 0.4) is 0 Å². The largest absolute Gasteiger partial charge is 0.480 e. The molecule has 0 bridgehead atoms. The molecule has 1 fully saturated rings. The van der Waals surface area contributed by atoms with E-state index in [4.69, 9.17) is 0 Å². The number of aliphatic carboxylic acids is 1. The van der Waals surface area contributed by atoms with Crippen molar-refractivity contribution < 1.29 is 14.7 Å². The van der Waals surface area contributed by atoms with Crippen LogP contribution in [0.4, 0.5) is 0 Å². The Morgan fingerprint density at radius 3 is 2.44 bits per heavy atom. The van der Waals surface area contributed by atoms with Gasteiger partial charge in [0.15, 0.2) is 0 Å². The molecule has 6 nitrogen and oxygen atoms in total. The van der Waals surface area contributed by atoms with Crippen molar-refractivity contribution in [1.29, 1.82) is 0 Å². The highest BCUT2D eigenvalue weighted by Crippen LogP contribution is 2.14. The lowest BCUT2D eigenvalue weighted by Crippen LogP contribution is -2.48. The Labute approximate surface area is 162 Å². The van der Waals surface area contributed by atoms with Gasteiger partial charge in [0.25, 0.3) is 0 Å². The summed E-state index contributed by atoms with van der Waals surface area (Å²) in [7, 11) is 0. The molecule has 0 aromatic heterocycles. The van der Waals surface area contributed by atoms with Crippen molar-refractivity contribution >= 4 is 12.3 Å². The van der Waals surface area contributed by atoms with Gasteiger partial charge in [-0.3, -0.25) is 19.5 Å². The van der Waals surface area contributed by atoms with Crippen LogP contribution in [0.25, 0.3) is 0 Å². The number of hydrogen-bond donors (Lipinski definition) is 1. The van der Waals surface area contributed by atoms with Gasteiger partial charge in [-0.1, -0.05) is 35.9 Å². The van der Waals surface area contributed by atoms with Crippen LogP contribution in [-0.2, 0) is 16.0 Å². The summed E-state index contributed by atoms with van der Waals surface area (Å²) in [5.41, 5.74) is 2.43. The molecule has 2 rings (SSSR count). The van der Waals surface area contributed by atoms with Gasteiger partial charge >= 0.3 is 5.97 Å². The monoisotopic (exact) mass is 373 g/mol. The Kier molecular flexibility index (Phi) is 8.64. The van der Waals surface area contributed by atoms with Crippen molar-refractivity contribution in [3.8, 4) is 0 Å². The van der Waals surface area contributed by atoms with Crippen molar-refractivity contribution in [3.63, 3.8) is 0 Å². The fourth-order valence-electron chi connectivity index (χ4n) is 3.56. The zero-order valence-electron chi connectivity index (χ0n) is 16.2. The second kappa shape index (κ2) is 11.0. The maximum atomic E-state index is 11.5. The Morgan fingerprint density at radius 1 is 1.15 bits per heavy atom. The molecular weight excluding hydrogens is 342 g/mol. The lowest BCUT2D eigenvalue weighted by atomic mass is 10.0. The summed E-state index contributed by atoms with van der Waals surface area (Å²) in [5.74, 6) is -0.819. The standard InChI is InChI=1S/C21H31N3O3/c1-3-8-23-10-9-22(13-14-25)11-12-24(17-21(26)27)20(16-23)15-19-6-4-18(2)5-7-19/h3-7,14,20H,1,8-13,15-17H2,2H3,(H,26,27). The first-order valence-corrected chi connectivity index (χ1v) is 9.52. The van der Waals surface area contributed by atoms with Crippen molar-refractivity contribution in [1.82, 2.24) is 14.7 Å². The summed E-state index contributed by atoms with van der Waals surface area (Å²) in [6.07, 6.45) is 3.60. The van der Waals surface area contributed by atoms with Crippen molar-refractivity contribution in [2.24, 2.45) is 0 Å². The predicted octanol–water partition coefficient (Wildman–Crippen LogP) is 1.30. The van der Waals surface area contributed by atoms with Gasteiger partial charge in [0, 0.05) is 45.3 Å². The summed E-state index contributed by atoms with van der Waals surface area (Å²) >= 11 is 0. The zero-order valence-corrected chi connectivity index (χ0v) is 16.2. The number of hydrogen-bond acceptors (Lipinski definition) is 5. The third-order valence-corrected chi connectivity index (χ3v) is 5.07. The molecule has 1 aliphatic rings. The number of carbonyl (C=O) groups is 2. The minimum Gasteiger partial charge on any atom is -0.480 e. The highest BCUT2D eigenvalue weighted by atomic mass is 16.4. The van der Waals surface area contributed by atoms with Crippen LogP contribution < -0.4 is 0 Å². The maximum Gasteiger partial charge on any atom is 0.317 e. The van der Waals surface area contributed by atoms with Crippen LogP contribution in [-0.4, -0.2) is 90.5 Å². The van der Waals surface area contributed by atoms with Gasteiger partial charge in [0.1, 0.15) is 6.29 Å². The number of nitrogens with zero attached hydrogens (tertiary/aromatic N) is 3. The summed E-state index contributed by atoms with van der Waals surface area (Å²) in [5, 5.41) is 9.42. The van der Waals surface area contributed by atoms with E-state index in [1.807, 2.05) is 11.0 Å². The number of aryl methyl sites for hydroxylation is 1. The summed E-state index contributed by atoms with van der Waals surface area (Å²) in [4.78, 5) is 28.9. The lowest BCUT2D eigenvalue weighted by Gasteiger charge is -2.33. The Hall–Kier alpha value is -2.02. The normalized spacial score (nSPS) is 20.4. The molecular formula is C21H31N3O3. The molecule has 1 aromatic rings. The molecule has 0 amide bonds. The average Bonchev–Trinajstić information content (AvgIpc) is 2.69. The number of carboxylic acid groups (broad SMARTS) is 1. The topological polar surface area (TPSA) is 64.1 Å². The Balaban J connectivity index is 2.23. The minimum absolute atomic E-state index is 0.00733. The second-order valence-electron chi connectivity index (χ2n) is 7.22. The van der Waals surface area contributed by atoms with Gasteiger partial charge in [-0.2, -0.15) is 0 Å². The molecule has 0 saturated carbocycles. The fraction of sp³-hybridized carbons (Fsp3) is 0.524. The van der Waals surface area contributed by atoms with Gasteiger partial charge in [0.05, 0.1) is 13.1 Å². The van der Waals surface area contributed by atoms with Gasteiger partial charge < -0.3 is 9.90 Å². The zero-order chi connectivity index (χ0) is 19.6. The molecule has 0 spiro atoms. The third-order valence-electron chi connectivity index (χ3n) is 5.07. The van der Waals surface area contributed by atoms with Gasteiger partial charge in [-0.05, 0) is 18.9 Å². The van der Waals surface area contributed by atoms with E-state index < -0.39 is 5.97 Å². The van der Waals surface area contributed by atoms with Crippen molar-refractivity contribution in [2.45, 2.75) is 19.4 Å². The number of benzene rings is 1. The first-order chi connectivity index (χ1) is 13.0. The molecule has 1 aromatic carbocycles. The van der Waals surface area contributed by atoms with Gasteiger partial charge in [-0.15, -0.1) is 6.58 Å². The van der Waals surface area contributed by atoms with Gasteiger partial charge in [0.2, 0.25) is 0 Å². The van der Waals surface area contributed by atoms with Crippen molar-refractivity contribution in [3.05, 3.63) is 48.0 Å². The molecule has 6 heteroatoms. The molecule has 1 unspecified atom stereocenters. The van der Waals surface area contributed by atoms with Crippen molar-refractivity contribution in [2.75, 3.05) is 52.4 Å². The first kappa shape index (κ1) is 21.3. The predicted molar refractivity (Wildman–Crippen MR) is 107 cm³/mol. The molecule has 148 valence electrons. The second-order valence-corrected chi connectivity index (χ2v) is 7.22. The fourth-order valence-corrected chi connectivity index (χ4v) is 3.56. The lowest BCUT2D eigenvalue weighted by molar-refractivity contribution is -0.139. The highest BCUT2D eigenvalue weighted by Gasteiger charge is 2.26. The van der Waals surface area contributed by atoms with E-state index in [9.17, 15) is 14.7 Å². The van der Waals surface area contributed by atoms with Crippen LogP contribution in [0, 0.1) is 6.92 Å². The molecule has 0 aliphatic carbocycles. The SMILES string of the molecule is C=CCN1CCN(CC=O)CCN(CC(=O)O)C(Cc2ccc(C)cc2)C1. The van der Waals surface area contributed by atoms with Crippen LogP contribution in [0.15, 0.2) is 36.9 Å². The quantitative estimate of drug-likeness (QED) is 0.547. The van der Waals surface area contributed by atoms with E-state index in [0.29, 0.717) is 19.6 Å². The minimum atomic E-state index is -0.819. The number of carboxylic acids is 1. The molecule has 1 saturated heterocycles. The number of aldehydes is 1. The number of carbonyl (C=O) groups excluding carboxylic acids is 1. The molecule has 1 N–H and O–H groups in total. The molecule has 1 atom stereocenters. The first-order valence-electron chi connectivity index (χ1n) is 9.52. The average molecular weight is 373 g/mol. The molecule has 1 aliphatic heterocycles. The van der Waals surface area contributed by atoms with E-state index in [2.05, 4.69) is 47.6 Å². The van der Waals surface area contributed by atoms with E-state index in [1.54, 1.807) is 0 Å². The van der Waals surface area contributed by atoms with Crippen LogP contribution in [0.1, 0.15) is 11.1 Å². The summed E-state index contributed by atoms with van der Waals surface area (Å²) < 4.78 is 0. The van der Waals surface area contributed by atoms with E-state index in [1.165, 1.54) is 11.1 Å². The maximum absolute atomic E-state index is 11.5. The molecule has 27 heavy (non-hydrogen) atoms. The van der Waals surface area contributed by atoms with Crippen LogP contribution in [0.2, 0.25) is 0 Å². The highest BCUT2D eigenvalue weighted by molar-refractivity contribution is 5.69. The van der Waals surface area contributed by atoms with E-state index in [0.717, 1.165) is 38.9 Å².